The highest BCUT2D eigenvalue weighted by molar-refractivity contribution is 5.15. The molecule has 4 heteroatoms. The minimum atomic E-state index is 0.778. The normalized spacial score (nSPS) is 10.6. The Morgan fingerprint density at radius 2 is 2.06 bits per heavy atom. The third-order valence-corrected chi connectivity index (χ3v) is 2.58. The molecule has 0 aliphatic rings. The molecule has 0 bridgehead atoms. The Kier molecular flexibility index (Phi) is 4.27. The molecule has 4 nitrogen and oxygen atoms in total. The lowest BCUT2D eigenvalue weighted by atomic mass is 10.2. The maximum Gasteiger partial charge on any atom is 0.141 e. The molecule has 1 heterocycles. The Morgan fingerprint density at radius 1 is 1.24 bits per heavy atom. The van der Waals surface area contributed by atoms with E-state index in [1.807, 2.05) is 22.9 Å². The van der Waals surface area contributed by atoms with Crippen LogP contribution in [0, 0.1) is 0 Å². The SMILES string of the molecule is CCCNCc1ncnn1Cc1ccccc1. The molecule has 1 N–H and O–H groups in total. The van der Waals surface area contributed by atoms with Gasteiger partial charge in [-0.05, 0) is 18.5 Å². The maximum absolute atomic E-state index is 4.27. The molecule has 0 unspecified atom stereocenters. The Hall–Kier alpha value is -1.68. The van der Waals surface area contributed by atoms with Crippen LogP contribution >= 0.6 is 0 Å². The zero-order valence-corrected chi connectivity index (χ0v) is 10.1. The molecule has 0 aliphatic heterocycles. The van der Waals surface area contributed by atoms with Gasteiger partial charge in [-0.3, -0.25) is 0 Å². The second kappa shape index (κ2) is 6.15. The molecule has 1 aromatic heterocycles. The quantitative estimate of drug-likeness (QED) is 0.770. The Labute approximate surface area is 102 Å². The van der Waals surface area contributed by atoms with Gasteiger partial charge in [0.25, 0.3) is 0 Å². The van der Waals surface area contributed by atoms with Crippen molar-refractivity contribution >= 4 is 0 Å². The minimum absolute atomic E-state index is 0.778. The topological polar surface area (TPSA) is 42.7 Å². The molecule has 2 rings (SSSR count). The van der Waals surface area contributed by atoms with E-state index in [4.69, 9.17) is 0 Å². The summed E-state index contributed by atoms with van der Waals surface area (Å²) in [5.41, 5.74) is 1.25. The van der Waals surface area contributed by atoms with Gasteiger partial charge in [-0.1, -0.05) is 37.3 Å². The fourth-order valence-corrected chi connectivity index (χ4v) is 1.69. The minimum Gasteiger partial charge on any atom is -0.310 e. The highest BCUT2D eigenvalue weighted by Gasteiger charge is 2.03. The van der Waals surface area contributed by atoms with E-state index < -0.39 is 0 Å². The molecule has 0 saturated carbocycles. The van der Waals surface area contributed by atoms with Gasteiger partial charge in [0.15, 0.2) is 0 Å². The largest absolute Gasteiger partial charge is 0.310 e. The van der Waals surface area contributed by atoms with Crippen LogP contribution in [0.1, 0.15) is 24.7 Å². The average Bonchev–Trinajstić information content (AvgIpc) is 2.79. The van der Waals surface area contributed by atoms with Gasteiger partial charge < -0.3 is 5.32 Å². The van der Waals surface area contributed by atoms with E-state index in [1.54, 1.807) is 6.33 Å². The molecular formula is C13H18N4. The molecule has 0 fully saturated rings. The van der Waals surface area contributed by atoms with Crippen LogP contribution in [0.25, 0.3) is 0 Å². The van der Waals surface area contributed by atoms with Gasteiger partial charge in [0, 0.05) is 0 Å². The summed E-state index contributed by atoms with van der Waals surface area (Å²) < 4.78 is 1.94. The third kappa shape index (κ3) is 3.39. The van der Waals surface area contributed by atoms with Crippen molar-refractivity contribution < 1.29 is 0 Å². The van der Waals surface area contributed by atoms with Crippen molar-refractivity contribution in [3.63, 3.8) is 0 Å². The molecular weight excluding hydrogens is 212 g/mol. The van der Waals surface area contributed by atoms with Crippen LogP contribution in [0.3, 0.4) is 0 Å². The summed E-state index contributed by atoms with van der Waals surface area (Å²) in [5.74, 6) is 0.988. The number of hydrogen-bond donors (Lipinski definition) is 1. The van der Waals surface area contributed by atoms with Crippen LogP contribution in [-0.4, -0.2) is 21.3 Å². The highest BCUT2D eigenvalue weighted by Crippen LogP contribution is 2.03. The lowest BCUT2D eigenvalue weighted by Crippen LogP contribution is -2.18. The number of nitrogens with zero attached hydrogens (tertiary/aromatic N) is 3. The second-order valence-electron chi connectivity index (χ2n) is 4.00. The van der Waals surface area contributed by atoms with Gasteiger partial charge in [-0.25, -0.2) is 9.67 Å². The van der Waals surface area contributed by atoms with Crippen molar-refractivity contribution in [2.75, 3.05) is 6.54 Å². The van der Waals surface area contributed by atoms with Crippen molar-refractivity contribution in [2.24, 2.45) is 0 Å². The molecule has 2 aromatic rings. The third-order valence-electron chi connectivity index (χ3n) is 2.58. The van der Waals surface area contributed by atoms with E-state index in [9.17, 15) is 0 Å². The molecule has 0 aliphatic carbocycles. The van der Waals surface area contributed by atoms with E-state index in [2.05, 4.69) is 34.5 Å². The first-order valence-electron chi connectivity index (χ1n) is 6.01. The van der Waals surface area contributed by atoms with Crippen LogP contribution < -0.4 is 5.32 Å². The molecule has 1 aromatic carbocycles. The smallest absolute Gasteiger partial charge is 0.141 e. The van der Waals surface area contributed by atoms with Gasteiger partial charge in [0.1, 0.15) is 12.2 Å². The predicted octanol–water partition coefficient (Wildman–Crippen LogP) is 1.83. The summed E-state index contributed by atoms with van der Waals surface area (Å²) in [6, 6.07) is 10.3. The van der Waals surface area contributed by atoms with E-state index in [-0.39, 0.29) is 0 Å². The summed E-state index contributed by atoms with van der Waals surface area (Å²) in [6.45, 7) is 4.73. The Balaban J connectivity index is 1.99. The van der Waals surface area contributed by atoms with Crippen molar-refractivity contribution in [2.45, 2.75) is 26.4 Å². The van der Waals surface area contributed by atoms with E-state index in [0.29, 0.717) is 0 Å². The van der Waals surface area contributed by atoms with Gasteiger partial charge in [0.2, 0.25) is 0 Å². The van der Waals surface area contributed by atoms with E-state index in [1.165, 1.54) is 5.56 Å². The van der Waals surface area contributed by atoms with Crippen LogP contribution in [0.5, 0.6) is 0 Å². The molecule has 0 spiro atoms. The highest BCUT2D eigenvalue weighted by atomic mass is 15.3. The summed E-state index contributed by atoms with van der Waals surface area (Å²) in [4.78, 5) is 4.27. The van der Waals surface area contributed by atoms with Crippen molar-refractivity contribution in [3.05, 3.63) is 48.0 Å². The second-order valence-corrected chi connectivity index (χ2v) is 4.00. The van der Waals surface area contributed by atoms with Gasteiger partial charge in [-0.15, -0.1) is 0 Å². The van der Waals surface area contributed by atoms with Gasteiger partial charge in [0.05, 0.1) is 13.1 Å². The number of nitrogens with one attached hydrogen (secondary N) is 1. The zero-order valence-electron chi connectivity index (χ0n) is 10.1. The number of benzene rings is 1. The lowest BCUT2D eigenvalue weighted by molar-refractivity contribution is 0.583. The van der Waals surface area contributed by atoms with Crippen LogP contribution in [0.2, 0.25) is 0 Å². The van der Waals surface area contributed by atoms with Crippen molar-refractivity contribution in [1.29, 1.82) is 0 Å². The molecule has 0 atom stereocenters. The molecule has 90 valence electrons. The first kappa shape index (κ1) is 11.8. The summed E-state index contributed by atoms with van der Waals surface area (Å²) in [5, 5.41) is 7.60. The Bertz CT molecular complexity index is 436. The molecule has 0 saturated heterocycles. The van der Waals surface area contributed by atoms with E-state index >= 15 is 0 Å². The van der Waals surface area contributed by atoms with Crippen molar-refractivity contribution in [1.82, 2.24) is 20.1 Å². The summed E-state index contributed by atoms with van der Waals surface area (Å²) >= 11 is 0. The van der Waals surface area contributed by atoms with Crippen LogP contribution in [0.4, 0.5) is 0 Å². The fourth-order valence-electron chi connectivity index (χ4n) is 1.69. The summed E-state index contributed by atoms with van der Waals surface area (Å²) in [6.07, 6.45) is 2.75. The molecule has 0 radical (unpaired) electrons. The Morgan fingerprint density at radius 3 is 2.82 bits per heavy atom. The lowest BCUT2D eigenvalue weighted by Gasteiger charge is -2.06. The zero-order chi connectivity index (χ0) is 11.9. The van der Waals surface area contributed by atoms with E-state index in [0.717, 1.165) is 31.9 Å². The number of aromatic nitrogens is 3. The fraction of sp³-hybridized carbons (Fsp3) is 0.385. The first-order chi connectivity index (χ1) is 8.40. The summed E-state index contributed by atoms with van der Waals surface area (Å²) in [7, 11) is 0. The number of rotatable bonds is 6. The molecule has 17 heavy (non-hydrogen) atoms. The predicted molar refractivity (Wildman–Crippen MR) is 67.6 cm³/mol. The van der Waals surface area contributed by atoms with Gasteiger partial charge in [-0.2, -0.15) is 5.10 Å². The van der Waals surface area contributed by atoms with Crippen LogP contribution in [0.15, 0.2) is 36.7 Å². The van der Waals surface area contributed by atoms with Crippen LogP contribution in [-0.2, 0) is 13.1 Å². The standard InChI is InChI=1S/C13H18N4/c1-2-8-14-9-13-15-11-16-17(13)10-12-6-4-3-5-7-12/h3-7,11,14H,2,8-10H2,1H3. The average molecular weight is 230 g/mol. The maximum atomic E-state index is 4.27. The van der Waals surface area contributed by atoms with Gasteiger partial charge >= 0.3 is 0 Å². The monoisotopic (exact) mass is 230 g/mol. The number of hydrogen-bond acceptors (Lipinski definition) is 3. The molecule has 0 amide bonds. The van der Waals surface area contributed by atoms with Crippen molar-refractivity contribution in [3.8, 4) is 0 Å². The first-order valence-corrected chi connectivity index (χ1v) is 6.01.